The maximum absolute atomic E-state index is 12.6. The largest absolute Gasteiger partial charge is 0.372 e. The van der Waals surface area contributed by atoms with Gasteiger partial charge in [-0.25, -0.2) is 0 Å². The van der Waals surface area contributed by atoms with Crippen LogP contribution in [0, 0.1) is 0 Å². The Balaban J connectivity index is 1.71. The summed E-state index contributed by atoms with van der Waals surface area (Å²) in [5.41, 5.74) is 1.57. The first-order valence-corrected chi connectivity index (χ1v) is 8.11. The topological polar surface area (TPSA) is 47.4 Å². The van der Waals surface area contributed by atoms with E-state index < -0.39 is 0 Å². The molecule has 2 atom stereocenters. The van der Waals surface area contributed by atoms with Gasteiger partial charge in [-0.15, -0.1) is 0 Å². The predicted molar refractivity (Wildman–Crippen MR) is 88.7 cm³/mol. The lowest BCUT2D eigenvalue weighted by atomic mass is 10.2. The molecule has 1 aliphatic heterocycles. The van der Waals surface area contributed by atoms with E-state index in [-0.39, 0.29) is 18.1 Å². The van der Waals surface area contributed by atoms with E-state index in [2.05, 4.69) is 5.10 Å². The molecule has 1 aliphatic rings. The Morgan fingerprint density at radius 1 is 1.30 bits per heavy atom. The summed E-state index contributed by atoms with van der Waals surface area (Å²) in [4.78, 5) is 14.4. The molecule has 1 saturated heterocycles. The van der Waals surface area contributed by atoms with Crippen molar-refractivity contribution in [3.8, 4) is 0 Å². The van der Waals surface area contributed by atoms with Crippen molar-refractivity contribution in [3.05, 3.63) is 52.8 Å². The van der Waals surface area contributed by atoms with Gasteiger partial charge in [-0.3, -0.25) is 9.48 Å². The fraction of sp³-hybridized carbons (Fsp3) is 0.412. The van der Waals surface area contributed by atoms with Crippen LogP contribution < -0.4 is 0 Å². The Kier molecular flexibility index (Phi) is 4.68. The van der Waals surface area contributed by atoms with E-state index in [0.717, 1.165) is 5.56 Å². The molecule has 5 nitrogen and oxygen atoms in total. The third kappa shape index (κ3) is 3.74. The summed E-state index contributed by atoms with van der Waals surface area (Å²) in [5, 5.41) is 4.99. The van der Waals surface area contributed by atoms with Gasteiger partial charge in [-0.2, -0.15) is 5.10 Å². The van der Waals surface area contributed by atoms with Crippen LogP contribution in [0.5, 0.6) is 0 Å². The van der Waals surface area contributed by atoms with Crippen LogP contribution in [0.25, 0.3) is 0 Å². The average Bonchev–Trinajstić information content (AvgIpc) is 2.96. The van der Waals surface area contributed by atoms with Gasteiger partial charge in [-0.1, -0.05) is 29.8 Å². The van der Waals surface area contributed by atoms with Gasteiger partial charge < -0.3 is 9.64 Å². The molecule has 3 rings (SSSR count). The highest BCUT2D eigenvalue weighted by Gasteiger charge is 2.27. The summed E-state index contributed by atoms with van der Waals surface area (Å²) < 4.78 is 7.41. The van der Waals surface area contributed by atoms with Crippen molar-refractivity contribution < 1.29 is 9.53 Å². The van der Waals surface area contributed by atoms with Gasteiger partial charge >= 0.3 is 0 Å². The molecular formula is C17H20ClN3O2. The lowest BCUT2D eigenvalue weighted by Gasteiger charge is -2.35. The first-order valence-electron chi connectivity index (χ1n) is 7.73. The molecule has 1 fully saturated rings. The van der Waals surface area contributed by atoms with E-state index in [0.29, 0.717) is 30.2 Å². The van der Waals surface area contributed by atoms with E-state index in [9.17, 15) is 4.79 Å². The standard InChI is InChI=1S/C17H20ClN3O2/c1-12-8-20(9-13(2)23-12)17(22)15-7-19-21(11-15)10-14-5-3-4-6-16(14)18/h3-7,11-13H,8-10H2,1-2H3. The Labute approximate surface area is 140 Å². The molecule has 1 aromatic heterocycles. The van der Waals surface area contributed by atoms with Gasteiger partial charge in [0.1, 0.15) is 0 Å². The maximum Gasteiger partial charge on any atom is 0.257 e. The number of nitrogens with zero attached hydrogens (tertiary/aromatic N) is 3. The molecule has 0 aliphatic carbocycles. The molecule has 0 saturated carbocycles. The minimum atomic E-state index is -0.00240. The first-order chi connectivity index (χ1) is 11.0. The van der Waals surface area contributed by atoms with Crippen LogP contribution in [0.15, 0.2) is 36.7 Å². The van der Waals surface area contributed by atoms with Gasteiger partial charge in [0.25, 0.3) is 5.91 Å². The summed E-state index contributed by atoms with van der Waals surface area (Å²) in [7, 11) is 0. The Bertz CT molecular complexity index is 691. The van der Waals surface area contributed by atoms with E-state index in [1.807, 2.05) is 43.0 Å². The summed E-state index contributed by atoms with van der Waals surface area (Å²) in [5.74, 6) is -0.00240. The second kappa shape index (κ2) is 6.72. The van der Waals surface area contributed by atoms with Gasteiger partial charge in [-0.05, 0) is 25.5 Å². The summed E-state index contributed by atoms with van der Waals surface area (Å²) >= 11 is 6.17. The third-order valence-electron chi connectivity index (χ3n) is 3.88. The van der Waals surface area contributed by atoms with Crippen molar-refractivity contribution in [2.75, 3.05) is 13.1 Å². The number of rotatable bonds is 3. The predicted octanol–water partition coefficient (Wildman–Crippen LogP) is 2.83. The molecule has 1 amide bonds. The van der Waals surface area contributed by atoms with Crippen LogP contribution in [-0.2, 0) is 11.3 Å². The highest BCUT2D eigenvalue weighted by Crippen LogP contribution is 2.17. The van der Waals surface area contributed by atoms with Crippen molar-refractivity contribution in [1.82, 2.24) is 14.7 Å². The van der Waals surface area contributed by atoms with Gasteiger partial charge in [0.2, 0.25) is 0 Å². The van der Waals surface area contributed by atoms with Crippen molar-refractivity contribution in [2.24, 2.45) is 0 Å². The minimum Gasteiger partial charge on any atom is -0.372 e. The number of benzene rings is 1. The average molecular weight is 334 g/mol. The van der Waals surface area contributed by atoms with E-state index in [4.69, 9.17) is 16.3 Å². The zero-order valence-corrected chi connectivity index (χ0v) is 14.0. The molecule has 2 heterocycles. The van der Waals surface area contributed by atoms with Crippen LogP contribution in [0.1, 0.15) is 29.8 Å². The summed E-state index contributed by atoms with van der Waals surface area (Å²) in [6.45, 7) is 5.73. The molecule has 6 heteroatoms. The molecule has 1 aromatic carbocycles. The molecule has 122 valence electrons. The molecule has 0 spiro atoms. The highest BCUT2D eigenvalue weighted by atomic mass is 35.5. The summed E-state index contributed by atoms with van der Waals surface area (Å²) in [6, 6.07) is 7.64. The Morgan fingerprint density at radius 3 is 2.70 bits per heavy atom. The quantitative estimate of drug-likeness (QED) is 0.867. The smallest absolute Gasteiger partial charge is 0.257 e. The van der Waals surface area contributed by atoms with Crippen LogP contribution in [0.2, 0.25) is 5.02 Å². The number of aromatic nitrogens is 2. The zero-order chi connectivity index (χ0) is 16.4. The number of hydrogen-bond donors (Lipinski definition) is 0. The van der Waals surface area contributed by atoms with Crippen LogP contribution >= 0.6 is 11.6 Å². The van der Waals surface area contributed by atoms with Gasteiger partial charge in [0.05, 0.1) is 30.5 Å². The van der Waals surface area contributed by atoms with Crippen molar-refractivity contribution in [1.29, 1.82) is 0 Å². The number of carbonyl (C=O) groups is 1. The van der Waals surface area contributed by atoms with E-state index in [1.165, 1.54) is 0 Å². The van der Waals surface area contributed by atoms with Crippen molar-refractivity contribution in [3.63, 3.8) is 0 Å². The molecule has 0 bridgehead atoms. The van der Waals surface area contributed by atoms with Crippen molar-refractivity contribution in [2.45, 2.75) is 32.6 Å². The van der Waals surface area contributed by atoms with E-state index in [1.54, 1.807) is 17.1 Å². The van der Waals surface area contributed by atoms with Gasteiger partial charge in [0, 0.05) is 24.3 Å². The Morgan fingerprint density at radius 2 is 2.00 bits per heavy atom. The SMILES string of the molecule is CC1CN(C(=O)c2cnn(Cc3ccccc3Cl)c2)CC(C)O1. The monoisotopic (exact) mass is 333 g/mol. The number of ether oxygens (including phenoxy) is 1. The Hall–Kier alpha value is -1.85. The minimum absolute atomic E-state index is 0.00240. The number of morpholine rings is 1. The maximum atomic E-state index is 12.6. The van der Waals surface area contributed by atoms with Crippen LogP contribution in [-0.4, -0.2) is 45.9 Å². The number of halogens is 1. The number of carbonyl (C=O) groups excluding carboxylic acids is 1. The van der Waals surface area contributed by atoms with E-state index >= 15 is 0 Å². The lowest BCUT2D eigenvalue weighted by molar-refractivity contribution is -0.0586. The fourth-order valence-electron chi connectivity index (χ4n) is 2.89. The summed E-state index contributed by atoms with van der Waals surface area (Å²) in [6.07, 6.45) is 3.50. The second-order valence-corrected chi connectivity index (χ2v) is 6.39. The molecule has 2 unspecified atom stereocenters. The molecule has 0 radical (unpaired) electrons. The molecule has 2 aromatic rings. The van der Waals surface area contributed by atoms with Gasteiger partial charge in [0.15, 0.2) is 0 Å². The molecular weight excluding hydrogens is 314 g/mol. The lowest BCUT2D eigenvalue weighted by Crippen LogP contribution is -2.48. The van der Waals surface area contributed by atoms with Crippen LogP contribution in [0.3, 0.4) is 0 Å². The van der Waals surface area contributed by atoms with Crippen molar-refractivity contribution >= 4 is 17.5 Å². The van der Waals surface area contributed by atoms with Crippen LogP contribution in [0.4, 0.5) is 0 Å². The highest BCUT2D eigenvalue weighted by molar-refractivity contribution is 6.31. The second-order valence-electron chi connectivity index (χ2n) is 5.99. The first kappa shape index (κ1) is 16.0. The number of amides is 1. The fourth-order valence-corrected chi connectivity index (χ4v) is 3.08. The zero-order valence-electron chi connectivity index (χ0n) is 13.3. The third-order valence-corrected chi connectivity index (χ3v) is 4.25. The normalized spacial score (nSPS) is 21.4. The molecule has 0 N–H and O–H groups in total. The molecule has 23 heavy (non-hydrogen) atoms. The number of hydrogen-bond acceptors (Lipinski definition) is 3.